The lowest BCUT2D eigenvalue weighted by Crippen LogP contribution is -2.18. The van der Waals surface area contributed by atoms with Gasteiger partial charge in [0.05, 0.1) is 6.21 Å². The van der Waals surface area contributed by atoms with E-state index in [1.54, 1.807) is 17.6 Å². The van der Waals surface area contributed by atoms with Gasteiger partial charge >= 0.3 is 0 Å². The zero-order chi connectivity index (χ0) is 11.3. The Morgan fingerprint density at radius 2 is 2.40 bits per heavy atom. The number of nitrogens with zero attached hydrogens (tertiary/aromatic N) is 1. The Morgan fingerprint density at radius 1 is 1.67 bits per heavy atom. The van der Waals surface area contributed by atoms with Crippen LogP contribution in [0.3, 0.4) is 0 Å². The molecule has 1 aromatic rings. The van der Waals surface area contributed by atoms with E-state index in [1.807, 2.05) is 32.2 Å². The van der Waals surface area contributed by atoms with Gasteiger partial charge in [-0.1, -0.05) is 13.8 Å². The van der Waals surface area contributed by atoms with Gasteiger partial charge in [0.25, 0.3) is 0 Å². The predicted molar refractivity (Wildman–Crippen MR) is 64.2 cm³/mol. The highest BCUT2D eigenvalue weighted by molar-refractivity contribution is 7.11. The molecule has 82 valence electrons. The van der Waals surface area contributed by atoms with Crippen molar-refractivity contribution in [3.05, 3.63) is 21.9 Å². The van der Waals surface area contributed by atoms with Crippen LogP contribution in [-0.2, 0) is 4.79 Å². The van der Waals surface area contributed by atoms with E-state index in [2.05, 4.69) is 10.5 Å². The van der Waals surface area contributed by atoms with Gasteiger partial charge in [0.15, 0.2) is 0 Å². The molecule has 1 rings (SSSR count). The second-order valence-corrected chi connectivity index (χ2v) is 4.81. The largest absolute Gasteiger partial charge is 0.273 e. The predicted octanol–water partition coefficient (Wildman–Crippen LogP) is 2.55. The summed E-state index contributed by atoms with van der Waals surface area (Å²) in [5, 5.41) is 5.92. The molecule has 1 heterocycles. The summed E-state index contributed by atoms with van der Waals surface area (Å²) >= 11 is 1.61. The number of carbonyl (C=O) groups is 1. The summed E-state index contributed by atoms with van der Waals surface area (Å²) in [4.78, 5) is 12.3. The first-order valence-corrected chi connectivity index (χ1v) is 5.83. The molecule has 0 aliphatic carbocycles. The number of hydrazone groups is 1. The minimum absolute atomic E-state index is 0.0320. The van der Waals surface area contributed by atoms with Crippen molar-refractivity contribution in [2.45, 2.75) is 27.2 Å². The van der Waals surface area contributed by atoms with E-state index in [0.29, 0.717) is 12.3 Å². The number of nitrogens with one attached hydrogen (secondary N) is 1. The van der Waals surface area contributed by atoms with Gasteiger partial charge in [-0.15, -0.1) is 11.3 Å². The smallest absolute Gasteiger partial charge is 0.240 e. The van der Waals surface area contributed by atoms with Crippen LogP contribution in [0.5, 0.6) is 0 Å². The zero-order valence-electron chi connectivity index (χ0n) is 9.28. The molecular formula is C11H16N2OS. The second kappa shape index (κ2) is 5.66. The van der Waals surface area contributed by atoms with Crippen molar-refractivity contribution in [2.75, 3.05) is 0 Å². The first-order valence-electron chi connectivity index (χ1n) is 4.95. The first kappa shape index (κ1) is 11.9. The molecule has 0 saturated heterocycles. The summed E-state index contributed by atoms with van der Waals surface area (Å²) in [6.07, 6.45) is 2.21. The molecule has 0 aromatic carbocycles. The van der Waals surface area contributed by atoms with Crippen molar-refractivity contribution < 1.29 is 4.79 Å². The average molecular weight is 224 g/mol. The number of aryl methyl sites for hydroxylation is 1. The first-order chi connectivity index (χ1) is 7.09. The van der Waals surface area contributed by atoms with Crippen LogP contribution in [0.15, 0.2) is 16.5 Å². The molecule has 0 fully saturated rings. The van der Waals surface area contributed by atoms with Gasteiger partial charge in [-0.25, -0.2) is 5.43 Å². The SMILES string of the molecule is Cc1ccsc1/C=N/NC(=O)CC(C)C. The number of amides is 1. The summed E-state index contributed by atoms with van der Waals surface area (Å²) in [7, 11) is 0. The standard InChI is InChI=1S/C11H16N2OS/c1-8(2)6-11(14)13-12-7-10-9(3)4-5-15-10/h4-5,7-8H,6H2,1-3H3,(H,13,14)/b12-7+. The molecule has 3 nitrogen and oxygen atoms in total. The Balaban J connectivity index is 2.40. The molecule has 1 amide bonds. The summed E-state index contributed by atoms with van der Waals surface area (Å²) in [6.45, 7) is 6.03. The van der Waals surface area contributed by atoms with Crippen LogP contribution in [0.2, 0.25) is 0 Å². The number of hydrogen-bond donors (Lipinski definition) is 1. The topological polar surface area (TPSA) is 41.5 Å². The van der Waals surface area contributed by atoms with Gasteiger partial charge in [0.2, 0.25) is 5.91 Å². The molecule has 0 aliphatic heterocycles. The van der Waals surface area contributed by atoms with Gasteiger partial charge in [0, 0.05) is 11.3 Å². The highest BCUT2D eigenvalue weighted by Gasteiger charge is 2.02. The molecule has 0 atom stereocenters. The molecule has 1 N–H and O–H groups in total. The van der Waals surface area contributed by atoms with Crippen LogP contribution in [0, 0.1) is 12.8 Å². The fraction of sp³-hybridized carbons (Fsp3) is 0.455. The number of carbonyl (C=O) groups excluding carboxylic acids is 1. The van der Waals surface area contributed by atoms with Crippen LogP contribution in [0.4, 0.5) is 0 Å². The van der Waals surface area contributed by atoms with Crippen LogP contribution in [0.25, 0.3) is 0 Å². The van der Waals surface area contributed by atoms with Gasteiger partial charge in [-0.3, -0.25) is 4.79 Å². The van der Waals surface area contributed by atoms with Crippen LogP contribution in [0.1, 0.15) is 30.7 Å². The minimum Gasteiger partial charge on any atom is -0.273 e. The van der Waals surface area contributed by atoms with E-state index in [1.165, 1.54) is 5.56 Å². The van der Waals surface area contributed by atoms with E-state index in [0.717, 1.165) is 4.88 Å². The number of hydrogen-bond acceptors (Lipinski definition) is 3. The van der Waals surface area contributed by atoms with Gasteiger partial charge in [-0.05, 0) is 29.9 Å². The van der Waals surface area contributed by atoms with Crippen molar-refractivity contribution >= 4 is 23.5 Å². The Morgan fingerprint density at radius 3 is 2.93 bits per heavy atom. The van der Waals surface area contributed by atoms with Crippen LogP contribution >= 0.6 is 11.3 Å². The van der Waals surface area contributed by atoms with E-state index in [-0.39, 0.29) is 5.91 Å². The number of rotatable bonds is 4. The van der Waals surface area contributed by atoms with Gasteiger partial charge in [-0.2, -0.15) is 5.10 Å². The van der Waals surface area contributed by atoms with Gasteiger partial charge in [0.1, 0.15) is 0 Å². The Hall–Kier alpha value is -1.16. The zero-order valence-corrected chi connectivity index (χ0v) is 10.1. The molecule has 4 heteroatoms. The Bertz CT molecular complexity index is 355. The molecule has 0 aliphatic rings. The third-order valence-corrected chi connectivity index (χ3v) is 2.82. The lowest BCUT2D eigenvalue weighted by molar-refractivity contribution is -0.121. The second-order valence-electron chi connectivity index (χ2n) is 3.86. The fourth-order valence-corrected chi connectivity index (χ4v) is 1.88. The highest BCUT2D eigenvalue weighted by Crippen LogP contribution is 2.12. The molecule has 0 bridgehead atoms. The highest BCUT2D eigenvalue weighted by atomic mass is 32.1. The number of thiophene rings is 1. The molecule has 1 aromatic heterocycles. The van der Waals surface area contributed by atoms with Crippen LogP contribution < -0.4 is 5.43 Å². The summed E-state index contributed by atoms with van der Waals surface area (Å²) in [5.74, 6) is 0.333. The third-order valence-electron chi connectivity index (χ3n) is 1.87. The molecule has 0 radical (unpaired) electrons. The summed E-state index contributed by atoms with van der Waals surface area (Å²) in [5.41, 5.74) is 3.70. The maximum atomic E-state index is 11.2. The van der Waals surface area contributed by atoms with Crippen molar-refractivity contribution in [2.24, 2.45) is 11.0 Å². The van der Waals surface area contributed by atoms with Crippen molar-refractivity contribution in [3.63, 3.8) is 0 Å². The van der Waals surface area contributed by atoms with E-state index in [9.17, 15) is 4.79 Å². The average Bonchev–Trinajstić information content (AvgIpc) is 2.50. The van der Waals surface area contributed by atoms with E-state index >= 15 is 0 Å². The molecular weight excluding hydrogens is 208 g/mol. The van der Waals surface area contributed by atoms with Crippen LogP contribution in [-0.4, -0.2) is 12.1 Å². The van der Waals surface area contributed by atoms with E-state index < -0.39 is 0 Å². The Kier molecular flexibility index (Phi) is 4.49. The maximum absolute atomic E-state index is 11.2. The van der Waals surface area contributed by atoms with Crippen molar-refractivity contribution in [1.82, 2.24) is 5.43 Å². The maximum Gasteiger partial charge on any atom is 0.240 e. The van der Waals surface area contributed by atoms with E-state index in [4.69, 9.17) is 0 Å². The normalized spacial score (nSPS) is 11.2. The molecule has 0 spiro atoms. The lowest BCUT2D eigenvalue weighted by Gasteiger charge is -2.01. The minimum atomic E-state index is -0.0320. The van der Waals surface area contributed by atoms with Crippen molar-refractivity contribution in [1.29, 1.82) is 0 Å². The summed E-state index contributed by atoms with van der Waals surface area (Å²) < 4.78 is 0. The lowest BCUT2D eigenvalue weighted by atomic mass is 10.1. The Labute approximate surface area is 94.2 Å². The van der Waals surface area contributed by atoms with Crippen molar-refractivity contribution in [3.8, 4) is 0 Å². The fourth-order valence-electron chi connectivity index (χ4n) is 1.10. The molecule has 15 heavy (non-hydrogen) atoms. The van der Waals surface area contributed by atoms with Gasteiger partial charge < -0.3 is 0 Å². The summed E-state index contributed by atoms with van der Waals surface area (Å²) in [6, 6.07) is 2.03. The quantitative estimate of drug-likeness (QED) is 0.619. The molecule has 0 unspecified atom stereocenters. The molecule has 0 saturated carbocycles. The monoisotopic (exact) mass is 224 g/mol. The third kappa shape index (κ3) is 4.25.